The second kappa shape index (κ2) is 6.19. The summed E-state index contributed by atoms with van der Waals surface area (Å²) in [5, 5.41) is 8.98. The number of nitrogens with zero attached hydrogens (tertiary/aromatic N) is 4. The standard InChI is InChI=1S/C15H16ClN5O/c1-21-12-5-10(13(22-2)6-11(12)8-20-21)3-4-17-15-7-14(16)18-9-19-15/h5-9H,3-4H2,1-2H3,(H,17,18,19). The van der Waals surface area contributed by atoms with E-state index < -0.39 is 0 Å². The molecule has 0 bridgehead atoms. The fourth-order valence-electron chi connectivity index (χ4n) is 2.36. The van der Waals surface area contributed by atoms with Crippen molar-refractivity contribution >= 4 is 28.3 Å². The van der Waals surface area contributed by atoms with Gasteiger partial charge in [0.2, 0.25) is 0 Å². The maximum atomic E-state index is 5.84. The van der Waals surface area contributed by atoms with Crippen LogP contribution in [0.4, 0.5) is 5.82 Å². The van der Waals surface area contributed by atoms with Gasteiger partial charge in [0.25, 0.3) is 0 Å². The molecule has 6 nitrogen and oxygen atoms in total. The molecule has 0 aliphatic heterocycles. The van der Waals surface area contributed by atoms with Crippen molar-refractivity contribution in [1.29, 1.82) is 0 Å². The Morgan fingerprint density at radius 1 is 1.27 bits per heavy atom. The molecular formula is C15H16ClN5O. The molecule has 0 amide bonds. The van der Waals surface area contributed by atoms with Gasteiger partial charge in [-0.15, -0.1) is 0 Å². The van der Waals surface area contributed by atoms with Gasteiger partial charge in [-0.05, 0) is 24.1 Å². The average molecular weight is 318 g/mol. The van der Waals surface area contributed by atoms with Gasteiger partial charge < -0.3 is 10.1 Å². The average Bonchev–Trinajstić information content (AvgIpc) is 2.87. The first-order chi connectivity index (χ1) is 10.7. The van der Waals surface area contributed by atoms with Gasteiger partial charge in [0.05, 0.1) is 18.8 Å². The van der Waals surface area contributed by atoms with Crippen molar-refractivity contribution < 1.29 is 4.74 Å². The molecule has 0 unspecified atom stereocenters. The molecule has 1 aromatic carbocycles. The minimum Gasteiger partial charge on any atom is -0.496 e. The number of ether oxygens (including phenoxy) is 1. The third kappa shape index (κ3) is 2.96. The Morgan fingerprint density at radius 2 is 2.14 bits per heavy atom. The monoisotopic (exact) mass is 317 g/mol. The molecule has 2 aromatic heterocycles. The largest absolute Gasteiger partial charge is 0.496 e. The van der Waals surface area contributed by atoms with E-state index in [1.54, 1.807) is 13.2 Å². The number of fused-ring (bicyclic) bond motifs is 1. The lowest BCUT2D eigenvalue weighted by atomic mass is 10.1. The minimum absolute atomic E-state index is 0.423. The molecule has 3 aromatic rings. The molecule has 114 valence electrons. The molecule has 1 N–H and O–H groups in total. The van der Waals surface area contributed by atoms with Gasteiger partial charge in [-0.2, -0.15) is 5.10 Å². The predicted octanol–water partition coefficient (Wildman–Crippen LogP) is 2.68. The zero-order valence-corrected chi connectivity index (χ0v) is 13.1. The van der Waals surface area contributed by atoms with E-state index in [-0.39, 0.29) is 0 Å². The summed E-state index contributed by atoms with van der Waals surface area (Å²) in [6.45, 7) is 0.715. The SMILES string of the molecule is COc1cc2cnn(C)c2cc1CCNc1cc(Cl)ncn1. The number of hydrogen-bond acceptors (Lipinski definition) is 5. The Hall–Kier alpha value is -2.34. The highest BCUT2D eigenvalue weighted by Gasteiger charge is 2.08. The Balaban J connectivity index is 1.76. The molecule has 0 fully saturated rings. The normalized spacial score (nSPS) is 10.9. The van der Waals surface area contributed by atoms with Gasteiger partial charge in [-0.25, -0.2) is 9.97 Å². The predicted molar refractivity (Wildman–Crippen MR) is 86.5 cm³/mol. The lowest BCUT2D eigenvalue weighted by Crippen LogP contribution is -2.07. The van der Waals surface area contributed by atoms with E-state index in [0.717, 1.165) is 28.6 Å². The second-order valence-corrected chi connectivity index (χ2v) is 5.28. The van der Waals surface area contributed by atoms with Crippen LogP contribution in [-0.2, 0) is 13.5 Å². The van der Waals surface area contributed by atoms with Crippen molar-refractivity contribution in [3.8, 4) is 5.75 Å². The zero-order chi connectivity index (χ0) is 15.5. The van der Waals surface area contributed by atoms with E-state index in [4.69, 9.17) is 16.3 Å². The number of benzene rings is 1. The number of aryl methyl sites for hydroxylation is 1. The molecule has 3 rings (SSSR count). The van der Waals surface area contributed by atoms with Crippen LogP contribution in [0.5, 0.6) is 5.75 Å². The molecule has 0 spiro atoms. The molecule has 2 heterocycles. The van der Waals surface area contributed by atoms with Crippen LogP contribution in [0.1, 0.15) is 5.56 Å². The van der Waals surface area contributed by atoms with E-state index in [9.17, 15) is 0 Å². The van der Waals surface area contributed by atoms with Crippen molar-refractivity contribution in [2.75, 3.05) is 19.0 Å². The van der Waals surface area contributed by atoms with E-state index in [0.29, 0.717) is 17.5 Å². The van der Waals surface area contributed by atoms with Gasteiger partial charge in [-0.3, -0.25) is 4.68 Å². The van der Waals surface area contributed by atoms with Crippen molar-refractivity contribution in [1.82, 2.24) is 19.7 Å². The summed E-state index contributed by atoms with van der Waals surface area (Å²) in [7, 11) is 3.61. The number of aromatic nitrogens is 4. The number of nitrogens with one attached hydrogen (secondary N) is 1. The first kappa shape index (κ1) is 14.6. The first-order valence-electron chi connectivity index (χ1n) is 6.87. The Morgan fingerprint density at radius 3 is 2.91 bits per heavy atom. The quantitative estimate of drug-likeness (QED) is 0.733. The molecule has 0 saturated heterocycles. The summed E-state index contributed by atoms with van der Waals surface area (Å²) in [4.78, 5) is 7.97. The number of rotatable bonds is 5. The first-order valence-corrected chi connectivity index (χ1v) is 7.25. The van der Waals surface area contributed by atoms with Crippen LogP contribution >= 0.6 is 11.6 Å². The molecule has 0 atom stereocenters. The van der Waals surface area contributed by atoms with Crippen molar-refractivity contribution in [2.45, 2.75) is 6.42 Å². The molecule has 7 heteroatoms. The van der Waals surface area contributed by atoms with E-state index in [1.807, 2.05) is 24.0 Å². The van der Waals surface area contributed by atoms with Crippen LogP contribution in [-0.4, -0.2) is 33.4 Å². The van der Waals surface area contributed by atoms with Gasteiger partial charge in [0, 0.05) is 25.0 Å². The van der Waals surface area contributed by atoms with Gasteiger partial charge in [-0.1, -0.05) is 11.6 Å². The Labute approximate surface area is 133 Å². The topological polar surface area (TPSA) is 64.9 Å². The Kier molecular flexibility index (Phi) is 4.11. The molecule has 0 aliphatic rings. The van der Waals surface area contributed by atoms with Crippen LogP contribution in [0.25, 0.3) is 10.9 Å². The number of hydrogen-bond donors (Lipinski definition) is 1. The second-order valence-electron chi connectivity index (χ2n) is 4.89. The van der Waals surface area contributed by atoms with E-state index >= 15 is 0 Å². The maximum absolute atomic E-state index is 5.84. The minimum atomic E-state index is 0.423. The summed E-state index contributed by atoms with van der Waals surface area (Å²) in [6.07, 6.45) is 4.07. The fraction of sp³-hybridized carbons (Fsp3) is 0.267. The van der Waals surface area contributed by atoms with E-state index in [1.165, 1.54) is 6.33 Å². The lowest BCUT2D eigenvalue weighted by Gasteiger charge is -2.10. The van der Waals surface area contributed by atoms with Crippen molar-refractivity contribution in [3.63, 3.8) is 0 Å². The van der Waals surface area contributed by atoms with Crippen molar-refractivity contribution in [2.24, 2.45) is 7.05 Å². The van der Waals surface area contributed by atoms with Gasteiger partial charge >= 0.3 is 0 Å². The highest BCUT2D eigenvalue weighted by atomic mass is 35.5. The summed E-state index contributed by atoms with van der Waals surface area (Å²) in [5.74, 6) is 1.57. The van der Waals surface area contributed by atoms with Gasteiger partial charge in [0.1, 0.15) is 23.0 Å². The molecule has 0 radical (unpaired) electrons. The van der Waals surface area contributed by atoms with E-state index in [2.05, 4.69) is 26.4 Å². The smallest absolute Gasteiger partial charge is 0.134 e. The van der Waals surface area contributed by atoms with Gasteiger partial charge in [0.15, 0.2) is 0 Å². The third-order valence-corrected chi connectivity index (χ3v) is 3.69. The fourth-order valence-corrected chi connectivity index (χ4v) is 2.51. The number of methoxy groups -OCH3 is 1. The summed E-state index contributed by atoms with van der Waals surface area (Å²) in [5.41, 5.74) is 2.20. The van der Waals surface area contributed by atoms with Crippen molar-refractivity contribution in [3.05, 3.63) is 41.4 Å². The lowest BCUT2D eigenvalue weighted by molar-refractivity contribution is 0.410. The molecule has 0 saturated carbocycles. The molecule has 0 aliphatic carbocycles. The van der Waals surface area contributed by atoms with Crippen LogP contribution in [0.2, 0.25) is 5.15 Å². The maximum Gasteiger partial charge on any atom is 0.134 e. The van der Waals surface area contributed by atoms with Crippen LogP contribution in [0.15, 0.2) is 30.7 Å². The third-order valence-electron chi connectivity index (χ3n) is 3.48. The number of anilines is 1. The zero-order valence-electron chi connectivity index (χ0n) is 12.4. The Bertz CT molecular complexity index is 802. The van der Waals surface area contributed by atoms with Crippen LogP contribution in [0, 0.1) is 0 Å². The highest BCUT2D eigenvalue weighted by molar-refractivity contribution is 6.29. The number of halogens is 1. The highest BCUT2D eigenvalue weighted by Crippen LogP contribution is 2.26. The molecular weight excluding hydrogens is 302 g/mol. The van der Waals surface area contributed by atoms with Crippen LogP contribution in [0.3, 0.4) is 0 Å². The van der Waals surface area contributed by atoms with Crippen LogP contribution < -0.4 is 10.1 Å². The summed E-state index contributed by atoms with van der Waals surface area (Å²) < 4.78 is 7.33. The molecule has 22 heavy (non-hydrogen) atoms. The summed E-state index contributed by atoms with van der Waals surface area (Å²) >= 11 is 5.84. The summed E-state index contributed by atoms with van der Waals surface area (Å²) in [6, 6.07) is 5.82.